The van der Waals surface area contributed by atoms with Crippen LogP contribution in [0.4, 0.5) is 5.69 Å². The molecule has 0 bridgehead atoms. The molecule has 5 nitrogen and oxygen atoms in total. The third kappa shape index (κ3) is 4.92. The summed E-state index contributed by atoms with van der Waals surface area (Å²) in [4.78, 5) is 22.8. The van der Waals surface area contributed by atoms with E-state index >= 15 is 0 Å². The maximum absolute atomic E-state index is 11.4. The van der Waals surface area contributed by atoms with Gasteiger partial charge in [0.25, 0.3) is 0 Å². The van der Waals surface area contributed by atoms with Crippen molar-refractivity contribution >= 4 is 50.6 Å². The summed E-state index contributed by atoms with van der Waals surface area (Å²) in [6, 6.07) is 6.90. The van der Waals surface area contributed by atoms with Crippen LogP contribution < -0.4 is 16.4 Å². The number of hydrogen-bond acceptors (Lipinski definition) is 3. The lowest BCUT2D eigenvalue weighted by molar-refractivity contribution is -0.135. The molecular formula is C10H10BrN3O2S. The van der Waals surface area contributed by atoms with Gasteiger partial charge in [-0.1, -0.05) is 34.2 Å². The molecule has 1 aromatic carbocycles. The van der Waals surface area contributed by atoms with E-state index in [2.05, 4.69) is 38.8 Å². The van der Waals surface area contributed by atoms with Crippen molar-refractivity contribution in [2.45, 2.75) is 0 Å². The number of benzene rings is 1. The summed E-state index contributed by atoms with van der Waals surface area (Å²) in [6.07, 6.45) is 0. The second kappa shape index (κ2) is 6.31. The van der Waals surface area contributed by atoms with Crippen molar-refractivity contribution in [3.63, 3.8) is 0 Å². The summed E-state index contributed by atoms with van der Waals surface area (Å²) in [6.45, 7) is 0.0000702. The Morgan fingerprint density at radius 3 is 2.65 bits per heavy atom. The van der Waals surface area contributed by atoms with Gasteiger partial charge in [0.1, 0.15) is 0 Å². The van der Waals surface area contributed by atoms with Crippen molar-refractivity contribution in [3.05, 3.63) is 28.7 Å². The molecule has 0 aliphatic rings. The maximum Gasteiger partial charge on any atom is 0.313 e. The van der Waals surface area contributed by atoms with Crippen LogP contribution in [0.3, 0.4) is 0 Å². The minimum atomic E-state index is -0.780. The summed E-state index contributed by atoms with van der Waals surface area (Å²) < 4.78 is 0.804. The van der Waals surface area contributed by atoms with Crippen molar-refractivity contribution in [1.29, 1.82) is 0 Å². The van der Waals surface area contributed by atoms with E-state index in [0.717, 1.165) is 4.47 Å². The Morgan fingerprint density at radius 1 is 1.35 bits per heavy atom. The van der Waals surface area contributed by atoms with Crippen molar-refractivity contribution in [3.8, 4) is 0 Å². The van der Waals surface area contributed by atoms with Crippen molar-refractivity contribution in [1.82, 2.24) is 5.32 Å². The van der Waals surface area contributed by atoms with Gasteiger partial charge in [-0.2, -0.15) is 0 Å². The highest BCUT2D eigenvalue weighted by molar-refractivity contribution is 9.10. The number of nitrogens with two attached hydrogens (primary N) is 1. The van der Waals surface area contributed by atoms with Crippen LogP contribution in [-0.4, -0.2) is 23.3 Å². The second-order valence-corrected chi connectivity index (χ2v) is 4.55. The molecule has 4 N–H and O–H groups in total. The van der Waals surface area contributed by atoms with Crippen molar-refractivity contribution in [2.75, 3.05) is 11.9 Å². The first-order valence-corrected chi connectivity index (χ1v) is 5.82. The first-order chi connectivity index (χ1) is 7.99. The van der Waals surface area contributed by atoms with Gasteiger partial charge in [0.2, 0.25) is 0 Å². The fraction of sp³-hybridized carbons (Fsp3) is 0.100. The predicted octanol–water partition coefficient (Wildman–Crippen LogP) is 0.790. The topological polar surface area (TPSA) is 84.2 Å². The lowest BCUT2D eigenvalue weighted by Crippen LogP contribution is -2.39. The molecule has 90 valence electrons. The van der Waals surface area contributed by atoms with Crippen molar-refractivity contribution < 1.29 is 9.59 Å². The highest BCUT2D eigenvalue weighted by Gasteiger charge is 2.13. The molecular weight excluding hydrogens is 306 g/mol. The number of rotatable bonds is 3. The average Bonchev–Trinajstić information content (AvgIpc) is 2.25. The first-order valence-electron chi connectivity index (χ1n) is 4.62. The number of halogens is 1. The van der Waals surface area contributed by atoms with Gasteiger partial charge in [-0.05, 0) is 18.2 Å². The SMILES string of the molecule is NC(=S)CNC(=O)C(=O)Nc1cccc(Br)c1. The number of hydrogen-bond donors (Lipinski definition) is 3. The molecule has 0 saturated carbocycles. The average molecular weight is 316 g/mol. The molecule has 0 saturated heterocycles. The molecule has 0 aliphatic heterocycles. The van der Waals surface area contributed by atoms with Crippen molar-refractivity contribution in [2.24, 2.45) is 5.73 Å². The standard InChI is InChI=1S/C10H10BrN3O2S/c11-6-2-1-3-7(4-6)14-10(16)9(15)13-5-8(12)17/h1-4H,5H2,(H2,12,17)(H,13,15)(H,14,16). The number of carbonyl (C=O) groups excluding carboxylic acids is 2. The largest absolute Gasteiger partial charge is 0.392 e. The quantitative estimate of drug-likeness (QED) is 0.569. The third-order valence-corrected chi connectivity index (χ3v) is 2.35. The smallest absolute Gasteiger partial charge is 0.313 e. The van der Waals surface area contributed by atoms with Gasteiger partial charge in [0.15, 0.2) is 0 Å². The van der Waals surface area contributed by atoms with Crippen LogP contribution in [0.25, 0.3) is 0 Å². The van der Waals surface area contributed by atoms with Crippen LogP contribution in [0.5, 0.6) is 0 Å². The Bertz CT molecular complexity index is 465. The lowest BCUT2D eigenvalue weighted by Gasteiger charge is -2.05. The minimum absolute atomic E-state index is 0.0000702. The number of amides is 2. The zero-order valence-corrected chi connectivity index (χ0v) is 11.1. The maximum atomic E-state index is 11.4. The van der Waals surface area contributed by atoms with Gasteiger partial charge in [-0.25, -0.2) is 0 Å². The zero-order chi connectivity index (χ0) is 12.8. The Kier molecular flexibility index (Phi) is 5.05. The molecule has 0 heterocycles. The van der Waals surface area contributed by atoms with E-state index in [4.69, 9.17) is 5.73 Å². The molecule has 0 spiro atoms. The molecule has 1 rings (SSSR count). The van der Waals surface area contributed by atoms with Crippen LogP contribution in [0.1, 0.15) is 0 Å². The summed E-state index contributed by atoms with van der Waals surface area (Å²) >= 11 is 7.83. The second-order valence-electron chi connectivity index (χ2n) is 3.11. The summed E-state index contributed by atoms with van der Waals surface area (Å²) in [7, 11) is 0. The molecule has 0 aliphatic carbocycles. The number of anilines is 1. The van der Waals surface area contributed by atoms with Gasteiger partial charge < -0.3 is 16.4 Å². The van der Waals surface area contributed by atoms with E-state index in [1.54, 1.807) is 18.2 Å². The number of nitrogens with one attached hydrogen (secondary N) is 2. The third-order valence-electron chi connectivity index (χ3n) is 1.71. The van der Waals surface area contributed by atoms with Crippen LogP contribution in [0.2, 0.25) is 0 Å². The van der Waals surface area contributed by atoms with Gasteiger partial charge in [0.05, 0.1) is 11.5 Å². The first kappa shape index (κ1) is 13.6. The monoisotopic (exact) mass is 315 g/mol. The van der Waals surface area contributed by atoms with E-state index in [1.165, 1.54) is 0 Å². The van der Waals surface area contributed by atoms with Gasteiger partial charge >= 0.3 is 11.8 Å². The Hall–Kier alpha value is -1.47. The number of carbonyl (C=O) groups is 2. The van der Waals surface area contributed by atoms with Gasteiger partial charge in [-0.3, -0.25) is 9.59 Å². The lowest BCUT2D eigenvalue weighted by atomic mass is 10.3. The van der Waals surface area contributed by atoms with E-state index in [0.29, 0.717) is 5.69 Å². The Labute approximate surface area is 112 Å². The summed E-state index contributed by atoms with van der Waals surface area (Å²) in [5.41, 5.74) is 5.72. The molecule has 2 amide bonds. The van der Waals surface area contributed by atoms with E-state index in [-0.39, 0.29) is 11.5 Å². The normalized spacial score (nSPS) is 9.47. The molecule has 0 atom stereocenters. The molecule has 0 fully saturated rings. The highest BCUT2D eigenvalue weighted by atomic mass is 79.9. The molecule has 0 unspecified atom stereocenters. The zero-order valence-electron chi connectivity index (χ0n) is 8.70. The Balaban J connectivity index is 2.54. The van der Waals surface area contributed by atoms with Crippen LogP contribution >= 0.6 is 28.1 Å². The van der Waals surface area contributed by atoms with E-state index in [1.807, 2.05) is 6.07 Å². The fourth-order valence-corrected chi connectivity index (χ4v) is 1.47. The molecule has 7 heteroatoms. The molecule has 0 aromatic heterocycles. The minimum Gasteiger partial charge on any atom is -0.392 e. The Morgan fingerprint density at radius 2 is 2.06 bits per heavy atom. The van der Waals surface area contributed by atoms with E-state index < -0.39 is 11.8 Å². The molecule has 17 heavy (non-hydrogen) atoms. The highest BCUT2D eigenvalue weighted by Crippen LogP contribution is 2.15. The fourth-order valence-electron chi connectivity index (χ4n) is 1.00. The number of thiocarbonyl (C=S) groups is 1. The molecule has 0 radical (unpaired) electrons. The summed E-state index contributed by atoms with van der Waals surface area (Å²) in [5.74, 6) is -1.54. The predicted molar refractivity (Wildman–Crippen MR) is 72.6 cm³/mol. The van der Waals surface area contributed by atoms with Crippen LogP contribution in [0, 0.1) is 0 Å². The van der Waals surface area contributed by atoms with Gasteiger partial charge in [-0.15, -0.1) is 0 Å². The van der Waals surface area contributed by atoms with Crippen LogP contribution in [0.15, 0.2) is 28.7 Å². The van der Waals surface area contributed by atoms with E-state index in [9.17, 15) is 9.59 Å². The molecule has 1 aromatic rings. The van der Waals surface area contributed by atoms with Crippen LogP contribution in [-0.2, 0) is 9.59 Å². The van der Waals surface area contributed by atoms with Gasteiger partial charge in [0, 0.05) is 10.2 Å². The summed E-state index contributed by atoms with van der Waals surface area (Å²) in [5, 5.41) is 4.73.